The van der Waals surface area contributed by atoms with Crippen LogP contribution in [0.15, 0.2) is 30.3 Å². The number of anilines is 1. The van der Waals surface area contributed by atoms with Crippen molar-refractivity contribution >= 4 is 11.8 Å². The van der Waals surface area contributed by atoms with Crippen molar-refractivity contribution < 1.29 is 9.53 Å². The van der Waals surface area contributed by atoms with Crippen LogP contribution in [-0.4, -0.2) is 18.7 Å². The SMILES string of the molecule is C[C@H]1COC(=O)N1c1ccccc1. The van der Waals surface area contributed by atoms with Gasteiger partial charge in [-0.1, -0.05) is 18.2 Å². The van der Waals surface area contributed by atoms with Gasteiger partial charge >= 0.3 is 6.09 Å². The highest BCUT2D eigenvalue weighted by atomic mass is 16.6. The Hall–Kier alpha value is -1.51. The summed E-state index contributed by atoms with van der Waals surface area (Å²) < 4.78 is 4.92. The van der Waals surface area contributed by atoms with Gasteiger partial charge in [-0.15, -0.1) is 0 Å². The average molecular weight is 177 g/mol. The number of benzene rings is 1. The number of carbonyl (C=O) groups is 1. The summed E-state index contributed by atoms with van der Waals surface area (Å²) >= 11 is 0. The maximum atomic E-state index is 11.3. The summed E-state index contributed by atoms with van der Waals surface area (Å²) in [5, 5.41) is 0. The normalized spacial score (nSPS) is 21.8. The smallest absolute Gasteiger partial charge is 0.414 e. The molecule has 13 heavy (non-hydrogen) atoms. The Kier molecular flexibility index (Phi) is 1.93. The van der Waals surface area contributed by atoms with E-state index in [1.54, 1.807) is 4.90 Å². The van der Waals surface area contributed by atoms with Crippen LogP contribution in [-0.2, 0) is 4.74 Å². The van der Waals surface area contributed by atoms with Crippen molar-refractivity contribution in [1.29, 1.82) is 0 Å². The van der Waals surface area contributed by atoms with Crippen molar-refractivity contribution in [2.45, 2.75) is 13.0 Å². The predicted octanol–water partition coefficient (Wildman–Crippen LogP) is 2.03. The molecule has 1 amide bonds. The summed E-state index contributed by atoms with van der Waals surface area (Å²) in [5.41, 5.74) is 0.900. The van der Waals surface area contributed by atoms with E-state index in [4.69, 9.17) is 4.74 Å². The van der Waals surface area contributed by atoms with Crippen molar-refractivity contribution in [3.05, 3.63) is 30.3 Å². The summed E-state index contributed by atoms with van der Waals surface area (Å²) in [6, 6.07) is 9.69. The number of nitrogens with zero attached hydrogens (tertiary/aromatic N) is 1. The molecule has 1 saturated heterocycles. The van der Waals surface area contributed by atoms with Gasteiger partial charge in [0.2, 0.25) is 0 Å². The number of hydrogen-bond acceptors (Lipinski definition) is 2. The molecule has 1 aromatic rings. The lowest BCUT2D eigenvalue weighted by Crippen LogP contribution is -2.30. The second-order valence-electron chi connectivity index (χ2n) is 3.13. The summed E-state index contributed by atoms with van der Waals surface area (Å²) in [4.78, 5) is 13.0. The maximum Gasteiger partial charge on any atom is 0.414 e. The molecule has 2 rings (SSSR count). The van der Waals surface area contributed by atoms with Crippen molar-refractivity contribution in [1.82, 2.24) is 0 Å². The zero-order chi connectivity index (χ0) is 9.26. The highest BCUT2D eigenvalue weighted by Crippen LogP contribution is 2.21. The minimum absolute atomic E-state index is 0.134. The zero-order valence-electron chi connectivity index (χ0n) is 7.43. The molecule has 1 heterocycles. The van der Waals surface area contributed by atoms with Gasteiger partial charge < -0.3 is 4.74 Å². The molecule has 0 unspecified atom stereocenters. The Balaban J connectivity index is 2.30. The van der Waals surface area contributed by atoms with Crippen LogP contribution in [0.5, 0.6) is 0 Å². The van der Waals surface area contributed by atoms with E-state index >= 15 is 0 Å². The van der Waals surface area contributed by atoms with Gasteiger partial charge in [-0.2, -0.15) is 0 Å². The largest absolute Gasteiger partial charge is 0.447 e. The summed E-state index contributed by atoms with van der Waals surface area (Å²) in [7, 11) is 0. The zero-order valence-corrected chi connectivity index (χ0v) is 7.43. The fourth-order valence-electron chi connectivity index (χ4n) is 1.46. The Morgan fingerprint density at radius 1 is 1.38 bits per heavy atom. The van der Waals surface area contributed by atoms with Gasteiger partial charge in [0.1, 0.15) is 6.61 Å². The van der Waals surface area contributed by atoms with Crippen LogP contribution < -0.4 is 4.90 Å². The first-order valence-electron chi connectivity index (χ1n) is 4.30. The van der Waals surface area contributed by atoms with Crippen LogP contribution >= 0.6 is 0 Å². The van der Waals surface area contributed by atoms with Crippen molar-refractivity contribution in [2.24, 2.45) is 0 Å². The molecule has 1 aliphatic rings. The van der Waals surface area contributed by atoms with Gasteiger partial charge in [0.25, 0.3) is 0 Å². The number of hydrogen-bond donors (Lipinski definition) is 0. The highest BCUT2D eigenvalue weighted by Gasteiger charge is 2.30. The van der Waals surface area contributed by atoms with Gasteiger partial charge in [-0.25, -0.2) is 4.79 Å². The number of amides is 1. The molecule has 0 spiro atoms. The summed E-state index contributed by atoms with van der Waals surface area (Å²) in [6.45, 7) is 2.45. The first-order valence-corrected chi connectivity index (χ1v) is 4.30. The topological polar surface area (TPSA) is 29.5 Å². The summed E-state index contributed by atoms with van der Waals surface area (Å²) in [5.74, 6) is 0. The van der Waals surface area contributed by atoms with Crippen LogP contribution in [0.1, 0.15) is 6.92 Å². The fourth-order valence-corrected chi connectivity index (χ4v) is 1.46. The Morgan fingerprint density at radius 3 is 2.62 bits per heavy atom. The number of cyclic esters (lactones) is 1. The molecule has 0 saturated carbocycles. The number of ether oxygens (including phenoxy) is 1. The monoisotopic (exact) mass is 177 g/mol. The molecule has 1 aromatic carbocycles. The Labute approximate surface area is 76.9 Å². The molecular weight excluding hydrogens is 166 g/mol. The Morgan fingerprint density at radius 2 is 2.08 bits per heavy atom. The quantitative estimate of drug-likeness (QED) is 0.656. The minimum atomic E-state index is -0.251. The van der Waals surface area contributed by atoms with E-state index in [0.29, 0.717) is 6.61 Å². The molecule has 0 N–H and O–H groups in total. The molecule has 0 aliphatic carbocycles. The predicted molar refractivity (Wildman–Crippen MR) is 49.7 cm³/mol. The first kappa shape index (κ1) is 8.10. The molecule has 0 bridgehead atoms. The summed E-state index contributed by atoms with van der Waals surface area (Å²) in [6.07, 6.45) is -0.251. The minimum Gasteiger partial charge on any atom is -0.447 e. The van der Waals surface area contributed by atoms with Crippen LogP contribution in [0.2, 0.25) is 0 Å². The van der Waals surface area contributed by atoms with Crippen LogP contribution in [0, 0.1) is 0 Å². The van der Waals surface area contributed by atoms with Crippen molar-refractivity contribution in [3.63, 3.8) is 0 Å². The van der Waals surface area contributed by atoms with Crippen LogP contribution in [0.25, 0.3) is 0 Å². The van der Waals surface area contributed by atoms with E-state index < -0.39 is 0 Å². The van der Waals surface area contributed by atoms with E-state index in [0.717, 1.165) is 5.69 Å². The van der Waals surface area contributed by atoms with Crippen molar-refractivity contribution in [3.8, 4) is 0 Å². The average Bonchev–Trinajstić information content (AvgIpc) is 2.48. The van der Waals surface area contributed by atoms with E-state index in [-0.39, 0.29) is 12.1 Å². The second-order valence-corrected chi connectivity index (χ2v) is 3.13. The highest BCUT2D eigenvalue weighted by molar-refractivity contribution is 5.90. The maximum absolute atomic E-state index is 11.3. The van der Waals surface area contributed by atoms with Crippen LogP contribution in [0.4, 0.5) is 10.5 Å². The molecule has 1 aliphatic heterocycles. The standard InChI is InChI=1S/C10H11NO2/c1-8-7-13-10(12)11(8)9-5-3-2-4-6-9/h2-6,8H,7H2,1H3/t8-/m0/s1. The lowest BCUT2D eigenvalue weighted by Gasteiger charge is -2.17. The second kappa shape index (κ2) is 3.09. The van der Waals surface area contributed by atoms with Gasteiger partial charge in [0, 0.05) is 5.69 Å². The third-order valence-corrected chi connectivity index (χ3v) is 2.12. The molecule has 68 valence electrons. The van der Waals surface area contributed by atoms with E-state index in [1.807, 2.05) is 37.3 Å². The van der Waals surface area contributed by atoms with Gasteiger partial charge in [-0.05, 0) is 19.1 Å². The number of rotatable bonds is 1. The van der Waals surface area contributed by atoms with Gasteiger partial charge in [0.05, 0.1) is 6.04 Å². The fraction of sp³-hybridized carbons (Fsp3) is 0.300. The molecule has 0 aromatic heterocycles. The molecular formula is C10H11NO2. The molecule has 3 heteroatoms. The third-order valence-electron chi connectivity index (χ3n) is 2.12. The number of carbonyl (C=O) groups excluding carboxylic acids is 1. The molecule has 0 radical (unpaired) electrons. The van der Waals surface area contributed by atoms with Gasteiger partial charge in [-0.3, -0.25) is 4.90 Å². The first-order chi connectivity index (χ1) is 6.29. The third kappa shape index (κ3) is 1.37. The van der Waals surface area contributed by atoms with E-state index in [1.165, 1.54) is 0 Å². The molecule has 3 nitrogen and oxygen atoms in total. The van der Waals surface area contributed by atoms with Gasteiger partial charge in [0.15, 0.2) is 0 Å². The van der Waals surface area contributed by atoms with Crippen molar-refractivity contribution in [2.75, 3.05) is 11.5 Å². The molecule has 1 fully saturated rings. The Bertz CT molecular complexity index is 310. The van der Waals surface area contributed by atoms with E-state index in [9.17, 15) is 4.79 Å². The number of para-hydroxylation sites is 1. The lowest BCUT2D eigenvalue weighted by atomic mass is 10.2. The van der Waals surface area contributed by atoms with E-state index in [2.05, 4.69) is 0 Å². The molecule has 1 atom stereocenters. The lowest BCUT2D eigenvalue weighted by molar-refractivity contribution is 0.179. The van der Waals surface area contributed by atoms with Crippen LogP contribution in [0.3, 0.4) is 0 Å².